The molecule has 3 nitrogen and oxygen atoms in total. The van der Waals surface area contributed by atoms with Crippen LogP contribution < -0.4 is 10.6 Å². The van der Waals surface area contributed by atoms with Crippen LogP contribution >= 0.6 is 0 Å². The summed E-state index contributed by atoms with van der Waals surface area (Å²) in [7, 11) is 0. The number of nitrogen functional groups attached to an aromatic ring is 1. The summed E-state index contributed by atoms with van der Waals surface area (Å²) in [4.78, 5) is 6.61. The Morgan fingerprint density at radius 3 is 2.52 bits per heavy atom. The maximum atomic E-state index is 6.40. The minimum absolute atomic E-state index is 0.409. The molecule has 0 unspecified atom stereocenters. The number of nitrogens with two attached hydrogens (primary N) is 1. The van der Waals surface area contributed by atoms with Crippen molar-refractivity contribution in [2.24, 2.45) is 11.3 Å². The van der Waals surface area contributed by atoms with Crippen LogP contribution in [0.3, 0.4) is 0 Å². The van der Waals surface area contributed by atoms with Crippen LogP contribution in [0, 0.1) is 11.3 Å². The largest absolute Gasteiger partial charge is 0.397 e. The highest BCUT2D eigenvalue weighted by atomic mass is 15.1. The van der Waals surface area contributed by atoms with E-state index in [2.05, 4.69) is 42.8 Å². The molecule has 0 atom stereocenters. The standard InChI is InChI=1S/C18H25N3/c1-18(2,3)14-7-10-21(11-8-14)16-5-4-13-12-20-9-6-15(13)17(16)19/h4-6,9,12,14H,7-8,10-11,19H2,1-3H3. The molecule has 1 aromatic heterocycles. The van der Waals surface area contributed by atoms with E-state index in [1.165, 1.54) is 18.5 Å². The summed E-state index contributed by atoms with van der Waals surface area (Å²) in [6.07, 6.45) is 6.18. The average molecular weight is 283 g/mol. The predicted molar refractivity (Wildman–Crippen MR) is 90.5 cm³/mol. The van der Waals surface area contributed by atoms with Crippen molar-refractivity contribution in [3.8, 4) is 0 Å². The van der Waals surface area contributed by atoms with E-state index in [9.17, 15) is 0 Å². The smallest absolute Gasteiger partial charge is 0.0632 e. The molecule has 1 saturated heterocycles. The van der Waals surface area contributed by atoms with E-state index < -0.39 is 0 Å². The first kappa shape index (κ1) is 14.2. The Morgan fingerprint density at radius 1 is 1.14 bits per heavy atom. The molecule has 2 heterocycles. The van der Waals surface area contributed by atoms with Gasteiger partial charge in [-0.2, -0.15) is 0 Å². The zero-order chi connectivity index (χ0) is 15.0. The van der Waals surface area contributed by atoms with Crippen molar-refractivity contribution in [3.63, 3.8) is 0 Å². The van der Waals surface area contributed by atoms with Crippen LogP contribution in [0.4, 0.5) is 11.4 Å². The maximum Gasteiger partial charge on any atom is 0.0632 e. The number of hydrogen-bond donors (Lipinski definition) is 1. The molecule has 1 aromatic carbocycles. The Hall–Kier alpha value is -1.77. The first-order valence-corrected chi connectivity index (χ1v) is 7.84. The zero-order valence-electron chi connectivity index (χ0n) is 13.3. The Kier molecular flexibility index (Phi) is 3.52. The van der Waals surface area contributed by atoms with E-state index in [0.29, 0.717) is 5.41 Å². The van der Waals surface area contributed by atoms with Crippen molar-refractivity contribution >= 4 is 22.1 Å². The molecular formula is C18H25N3. The molecule has 0 amide bonds. The van der Waals surface area contributed by atoms with E-state index in [1.54, 1.807) is 0 Å². The minimum atomic E-state index is 0.409. The third-order valence-electron chi connectivity index (χ3n) is 4.90. The molecule has 0 spiro atoms. The van der Waals surface area contributed by atoms with Crippen molar-refractivity contribution < 1.29 is 0 Å². The number of anilines is 2. The van der Waals surface area contributed by atoms with Gasteiger partial charge in [0.05, 0.1) is 11.4 Å². The molecule has 3 rings (SSSR count). The van der Waals surface area contributed by atoms with Crippen LogP contribution in [0.2, 0.25) is 0 Å². The number of benzene rings is 1. The van der Waals surface area contributed by atoms with Crippen molar-refractivity contribution in [3.05, 3.63) is 30.6 Å². The van der Waals surface area contributed by atoms with E-state index in [0.717, 1.165) is 35.5 Å². The minimum Gasteiger partial charge on any atom is -0.397 e. The molecule has 1 aliphatic heterocycles. The van der Waals surface area contributed by atoms with Crippen molar-refractivity contribution in [2.75, 3.05) is 23.7 Å². The normalized spacial score (nSPS) is 17.4. The molecule has 3 heteroatoms. The lowest BCUT2D eigenvalue weighted by atomic mass is 9.75. The number of hydrogen-bond acceptors (Lipinski definition) is 3. The second-order valence-corrected chi connectivity index (χ2v) is 7.22. The number of aromatic nitrogens is 1. The van der Waals surface area contributed by atoms with Gasteiger partial charge in [0.1, 0.15) is 0 Å². The number of pyridine rings is 1. The Morgan fingerprint density at radius 2 is 1.86 bits per heavy atom. The van der Waals surface area contributed by atoms with E-state index in [4.69, 9.17) is 5.73 Å². The van der Waals surface area contributed by atoms with Gasteiger partial charge in [-0.25, -0.2) is 0 Å². The Bertz CT molecular complexity index is 634. The van der Waals surface area contributed by atoms with Gasteiger partial charge in [-0.3, -0.25) is 4.98 Å². The van der Waals surface area contributed by atoms with Gasteiger partial charge >= 0.3 is 0 Å². The average Bonchev–Trinajstić information content (AvgIpc) is 2.47. The second-order valence-electron chi connectivity index (χ2n) is 7.22. The van der Waals surface area contributed by atoms with Crippen molar-refractivity contribution in [1.29, 1.82) is 0 Å². The molecular weight excluding hydrogens is 258 g/mol. The highest BCUT2D eigenvalue weighted by Gasteiger charge is 2.29. The van der Waals surface area contributed by atoms with Gasteiger partial charge in [0, 0.05) is 36.3 Å². The summed E-state index contributed by atoms with van der Waals surface area (Å²) >= 11 is 0. The first-order chi connectivity index (χ1) is 9.97. The fourth-order valence-electron chi connectivity index (χ4n) is 3.44. The maximum absolute atomic E-state index is 6.40. The lowest BCUT2D eigenvalue weighted by Crippen LogP contribution is -2.38. The molecule has 21 heavy (non-hydrogen) atoms. The molecule has 0 radical (unpaired) electrons. The monoisotopic (exact) mass is 283 g/mol. The zero-order valence-corrected chi connectivity index (χ0v) is 13.3. The lowest BCUT2D eigenvalue weighted by molar-refractivity contribution is 0.199. The Labute approximate surface area is 127 Å². The van der Waals surface area contributed by atoms with Gasteiger partial charge in [0.25, 0.3) is 0 Å². The number of fused-ring (bicyclic) bond motifs is 1. The van der Waals surface area contributed by atoms with Crippen LogP contribution in [-0.4, -0.2) is 18.1 Å². The summed E-state index contributed by atoms with van der Waals surface area (Å²) in [5, 5.41) is 2.23. The molecule has 1 fully saturated rings. The van der Waals surface area contributed by atoms with Crippen LogP contribution in [0.15, 0.2) is 30.6 Å². The topological polar surface area (TPSA) is 42.2 Å². The highest BCUT2D eigenvalue weighted by molar-refractivity contribution is 5.98. The molecule has 112 valence electrons. The number of piperidine rings is 1. The Balaban J connectivity index is 1.84. The molecule has 0 saturated carbocycles. The summed E-state index contributed by atoms with van der Waals surface area (Å²) in [6, 6.07) is 6.29. The van der Waals surface area contributed by atoms with Gasteiger partial charge in [0.2, 0.25) is 0 Å². The third kappa shape index (κ3) is 2.69. The third-order valence-corrected chi connectivity index (χ3v) is 4.90. The van der Waals surface area contributed by atoms with Gasteiger partial charge in [0.15, 0.2) is 0 Å². The summed E-state index contributed by atoms with van der Waals surface area (Å²) in [5.74, 6) is 0.805. The number of nitrogens with zero attached hydrogens (tertiary/aromatic N) is 2. The predicted octanol–water partition coefficient (Wildman–Crippen LogP) is 4.08. The molecule has 2 aromatic rings. The highest BCUT2D eigenvalue weighted by Crippen LogP contribution is 2.38. The molecule has 2 N–H and O–H groups in total. The van der Waals surface area contributed by atoms with Gasteiger partial charge in [-0.1, -0.05) is 26.8 Å². The summed E-state index contributed by atoms with van der Waals surface area (Å²) in [5.41, 5.74) is 8.88. The molecule has 1 aliphatic rings. The van der Waals surface area contributed by atoms with Gasteiger partial charge < -0.3 is 10.6 Å². The van der Waals surface area contributed by atoms with Crippen LogP contribution in [0.1, 0.15) is 33.6 Å². The fourth-order valence-corrected chi connectivity index (χ4v) is 3.44. The van der Waals surface area contributed by atoms with Crippen LogP contribution in [0.25, 0.3) is 10.8 Å². The SMILES string of the molecule is CC(C)(C)C1CCN(c2ccc3cnccc3c2N)CC1. The summed E-state index contributed by atoms with van der Waals surface area (Å²) < 4.78 is 0. The summed E-state index contributed by atoms with van der Waals surface area (Å²) in [6.45, 7) is 9.26. The quantitative estimate of drug-likeness (QED) is 0.802. The fraction of sp³-hybridized carbons (Fsp3) is 0.500. The van der Waals surface area contributed by atoms with Crippen molar-refractivity contribution in [1.82, 2.24) is 4.98 Å². The van der Waals surface area contributed by atoms with Crippen LogP contribution in [0.5, 0.6) is 0 Å². The number of rotatable bonds is 1. The van der Waals surface area contributed by atoms with E-state index >= 15 is 0 Å². The molecule has 0 bridgehead atoms. The second kappa shape index (κ2) is 5.21. The van der Waals surface area contributed by atoms with Crippen molar-refractivity contribution in [2.45, 2.75) is 33.6 Å². The lowest BCUT2D eigenvalue weighted by Gasteiger charge is -2.40. The van der Waals surface area contributed by atoms with E-state index in [-0.39, 0.29) is 0 Å². The first-order valence-electron chi connectivity index (χ1n) is 7.84. The van der Waals surface area contributed by atoms with Gasteiger partial charge in [-0.05, 0) is 36.3 Å². The van der Waals surface area contributed by atoms with E-state index in [1.807, 2.05) is 18.5 Å². The molecule has 0 aliphatic carbocycles. The van der Waals surface area contributed by atoms with Gasteiger partial charge in [-0.15, -0.1) is 0 Å². The van der Waals surface area contributed by atoms with Crippen LogP contribution in [-0.2, 0) is 0 Å².